The van der Waals surface area contributed by atoms with Crippen LogP contribution < -0.4 is 37.0 Å². The van der Waals surface area contributed by atoms with Crippen LogP contribution in [0.2, 0.25) is 0 Å². The van der Waals surface area contributed by atoms with Crippen molar-refractivity contribution in [3.8, 4) is 22.3 Å². The zero-order chi connectivity index (χ0) is 37.0. The molecule has 7 heteroatoms. The second-order valence-electron chi connectivity index (χ2n) is 15.8. The van der Waals surface area contributed by atoms with Crippen LogP contribution in [0.15, 0.2) is 157 Å². The summed E-state index contributed by atoms with van der Waals surface area (Å²) in [5, 5.41) is 9.84. The summed E-state index contributed by atoms with van der Waals surface area (Å²) < 4.78 is 0. The summed E-state index contributed by atoms with van der Waals surface area (Å²) in [5.41, 5.74) is 5.16. The van der Waals surface area contributed by atoms with E-state index in [9.17, 15) is 0 Å². The molecule has 0 saturated heterocycles. The number of hydrogen-bond acceptors (Lipinski definition) is 7. The first-order chi connectivity index (χ1) is 26.0. The molecule has 7 aromatic carbocycles. The lowest BCUT2D eigenvalue weighted by molar-refractivity contribution is 0.549. The maximum absolute atomic E-state index is 5.35. The third kappa shape index (κ3) is 5.10. The largest absolute Gasteiger partial charge is 0.304 e. The molecule has 3 aliphatic rings. The van der Waals surface area contributed by atoms with E-state index in [1.54, 1.807) is 0 Å². The van der Waals surface area contributed by atoms with Gasteiger partial charge in [0.1, 0.15) is 33.1 Å². The van der Waals surface area contributed by atoms with Crippen molar-refractivity contribution in [1.29, 1.82) is 0 Å². The summed E-state index contributed by atoms with van der Waals surface area (Å²) in [6, 6.07) is 45.0. The van der Waals surface area contributed by atoms with E-state index in [0.29, 0.717) is 0 Å². The van der Waals surface area contributed by atoms with Gasteiger partial charge in [0.05, 0.1) is 33.1 Å². The van der Waals surface area contributed by atoms with E-state index in [2.05, 4.69) is 154 Å². The molecule has 7 aromatic rings. The van der Waals surface area contributed by atoms with Crippen molar-refractivity contribution >= 4 is 38.6 Å². The quantitative estimate of drug-likeness (QED) is 0.181. The second-order valence-corrected chi connectivity index (χ2v) is 15.8. The first-order valence-electron chi connectivity index (χ1n) is 18.6. The van der Waals surface area contributed by atoms with Crippen LogP contribution in [0.4, 0.5) is 17.1 Å². The summed E-state index contributed by atoms with van der Waals surface area (Å²) in [5.74, 6) is 0. The van der Waals surface area contributed by atoms with Gasteiger partial charge in [-0.1, -0.05) is 91.0 Å². The van der Waals surface area contributed by atoms with Crippen LogP contribution in [0.5, 0.6) is 0 Å². The molecule has 0 amide bonds. The Kier molecular flexibility index (Phi) is 6.78. The van der Waals surface area contributed by atoms with E-state index in [4.69, 9.17) is 30.0 Å². The van der Waals surface area contributed by atoms with E-state index in [1.807, 2.05) is 19.9 Å². The van der Waals surface area contributed by atoms with Gasteiger partial charge < -0.3 is 4.90 Å². The Morgan fingerprint density at radius 1 is 0.333 bits per heavy atom. The van der Waals surface area contributed by atoms with Gasteiger partial charge in [-0.25, -0.2) is 0 Å². The third-order valence-electron chi connectivity index (χ3n) is 10.5. The Morgan fingerprint density at radius 2 is 0.741 bits per heavy atom. The first-order valence-corrected chi connectivity index (χ1v) is 18.6. The molecule has 3 heterocycles. The van der Waals surface area contributed by atoms with Crippen molar-refractivity contribution < 1.29 is 0 Å². The highest BCUT2D eigenvalue weighted by molar-refractivity contribution is 5.98. The second kappa shape index (κ2) is 11.3. The fourth-order valence-corrected chi connectivity index (χ4v) is 8.33. The van der Waals surface area contributed by atoms with Gasteiger partial charge in [-0.3, -0.25) is 30.0 Å². The summed E-state index contributed by atoms with van der Waals surface area (Å²) in [6.45, 7) is 12.4. The molecule has 54 heavy (non-hydrogen) atoms. The topological polar surface area (TPSA) is 77.4 Å². The number of hydrogen-bond donors (Lipinski definition) is 0. The summed E-state index contributed by atoms with van der Waals surface area (Å²) in [7, 11) is 0. The fraction of sp³-hybridized carbons (Fsp3) is 0.191. The molecule has 0 radical (unpaired) electrons. The molecule has 0 unspecified atom stereocenters. The van der Waals surface area contributed by atoms with Crippen molar-refractivity contribution in [3.63, 3.8) is 0 Å². The normalized spacial score (nSPS) is 16.6. The highest BCUT2D eigenvalue weighted by atomic mass is 15.2. The molecule has 3 aliphatic heterocycles. The van der Waals surface area contributed by atoms with Crippen molar-refractivity contribution in [1.82, 2.24) is 0 Å². The molecule has 0 fully saturated rings. The Morgan fingerprint density at radius 3 is 1.28 bits per heavy atom. The van der Waals surface area contributed by atoms with Crippen LogP contribution >= 0.6 is 0 Å². The number of benzene rings is 7. The van der Waals surface area contributed by atoms with Crippen LogP contribution in [-0.2, 0) is 0 Å². The van der Waals surface area contributed by atoms with E-state index < -0.39 is 17.0 Å². The van der Waals surface area contributed by atoms with E-state index in [0.717, 1.165) is 71.5 Å². The van der Waals surface area contributed by atoms with Gasteiger partial charge in [0.25, 0.3) is 0 Å². The minimum atomic E-state index is -0.661. The molecular formula is C47H39N7. The molecule has 0 bridgehead atoms. The molecule has 0 saturated carbocycles. The molecular weight excluding hydrogens is 663 g/mol. The average molecular weight is 702 g/mol. The molecule has 10 rings (SSSR count). The monoisotopic (exact) mass is 701 g/mol. The predicted molar refractivity (Wildman–Crippen MR) is 216 cm³/mol. The maximum Gasteiger partial charge on any atom is 0.146 e. The van der Waals surface area contributed by atoms with Crippen molar-refractivity contribution in [2.75, 3.05) is 4.90 Å². The Labute approximate surface area is 312 Å². The molecule has 0 N–H and O–H groups in total. The van der Waals surface area contributed by atoms with Crippen molar-refractivity contribution in [2.24, 2.45) is 30.0 Å². The highest BCUT2D eigenvalue weighted by Gasteiger charge is 2.31. The predicted octanol–water partition coefficient (Wildman–Crippen LogP) is 7.76. The van der Waals surface area contributed by atoms with E-state index >= 15 is 0 Å². The van der Waals surface area contributed by atoms with E-state index in [1.165, 1.54) is 21.5 Å². The molecule has 7 nitrogen and oxygen atoms in total. The van der Waals surface area contributed by atoms with Crippen molar-refractivity contribution in [2.45, 2.75) is 58.5 Å². The molecule has 0 aliphatic carbocycles. The SMILES string of the molecule is CC1(C)N=c2cccc(N(c3ccc(-c4cccc5ccccc45)c4c3=NC(C)(C)N=4)c3ccc(-c4cccc5ccccc45)c4c3=NC(C)(C)N=4)c2=N1. The van der Waals surface area contributed by atoms with E-state index in [-0.39, 0.29) is 0 Å². The zero-order valence-electron chi connectivity index (χ0n) is 31.3. The van der Waals surface area contributed by atoms with Gasteiger partial charge >= 0.3 is 0 Å². The summed E-state index contributed by atoms with van der Waals surface area (Å²) >= 11 is 0. The van der Waals surface area contributed by atoms with Crippen LogP contribution in [0.25, 0.3) is 43.8 Å². The number of fused-ring (bicyclic) bond motifs is 5. The average Bonchev–Trinajstić information content (AvgIpc) is 3.78. The number of nitrogens with zero attached hydrogens (tertiary/aromatic N) is 7. The van der Waals surface area contributed by atoms with Gasteiger partial charge in [-0.15, -0.1) is 0 Å². The van der Waals surface area contributed by atoms with Crippen LogP contribution in [0.3, 0.4) is 0 Å². The Hall–Kier alpha value is -6.34. The van der Waals surface area contributed by atoms with Crippen molar-refractivity contribution in [3.05, 3.63) is 160 Å². The van der Waals surface area contributed by atoms with Crippen LogP contribution in [0, 0.1) is 0 Å². The molecule has 0 aromatic heterocycles. The standard InChI is InChI=1S/C47H39N7/c1-45(2)48-36-22-13-23-37(42(36)51-45)54(38-26-24-34(40-43(38)52-46(3,4)49-40)32-20-11-16-28-14-7-9-18-30(28)32)39-27-25-35(41-44(39)53-47(5,6)50-41)33-21-12-17-29-15-8-10-19-31(29)33/h7-27H,1-6H3. The number of rotatable bonds is 5. The summed E-state index contributed by atoms with van der Waals surface area (Å²) in [6.07, 6.45) is 0. The highest BCUT2D eigenvalue weighted by Crippen LogP contribution is 2.35. The van der Waals surface area contributed by atoms with Gasteiger partial charge in [0, 0.05) is 11.1 Å². The van der Waals surface area contributed by atoms with Gasteiger partial charge in [0.15, 0.2) is 0 Å². The molecule has 0 spiro atoms. The fourth-order valence-electron chi connectivity index (χ4n) is 8.33. The lowest BCUT2D eigenvalue weighted by Gasteiger charge is -2.26. The maximum atomic E-state index is 5.35. The van der Waals surface area contributed by atoms with Gasteiger partial charge in [0.2, 0.25) is 0 Å². The van der Waals surface area contributed by atoms with Crippen LogP contribution in [-0.4, -0.2) is 17.0 Å². The van der Waals surface area contributed by atoms with Crippen LogP contribution in [0.1, 0.15) is 41.5 Å². The lowest BCUT2D eigenvalue weighted by atomic mass is 9.96. The van der Waals surface area contributed by atoms with Gasteiger partial charge in [-0.2, -0.15) is 0 Å². The minimum Gasteiger partial charge on any atom is -0.304 e. The first kappa shape index (κ1) is 32.3. The zero-order valence-corrected chi connectivity index (χ0v) is 31.3. The Bertz CT molecular complexity index is 2980. The molecule has 0 atom stereocenters. The number of para-hydroxylation sites is 1. The molecule has 262 valence electrons. The third-order valence-corrected chi connectivity index (χ3v) is 10.5. The van der Waals surface area contributed by atoms with Gasteiger partial charge in [-0.05, 0) is 111 Å². The lowest BCUT2D eigenvalue weighted by Crippen LogP contribution is -2.38. The Balaban J connectivity index is 1.30. The number of anilines is 3. The minimum absolute atomic E-state index is 0.589. The summed E-state index contributed by atoms with van der Waals surface area (Å²) in [4.78, 5) is 33.7. The smallest absolute Gasteiger partial charge is 0.146 e.